The summed E-state index contributed by atoms with van der Waals surface area (Å²) < 4.78 is 36.5. The predicted molar refractivity (Wildman–Crippen MR) is 59.6 cm³/mol. The van der Waals surface area contributed by atoms with E-state index in [0.717, 1.165) is 0 Å². The third-order valence-electron chi connectivity index (χ3n) is 1.23. The number of hydrogen-bond donors (Lipinski definition) is 0. The van der Waals surface area contributed by atoms with Crippen molar-refractivity contribution in [3.05, 3.63) is 0 Å². The monoisotopic (exact) mass is 282 g/mol. The molecular weight excluding hydrogens is 273 g/mol. The van der Waals surface area contributed by atoms with Gasteiger partial charge in [-0.1, -0.05) is 17.8 Å². The molecule has 0 fully saturated rings. The van der Waals surface area contributed by atoms with Crippen LogP contribution in [-0.4, -0.2) is 19.8 Å². The van der Waals surface area contributed by atoms with Crippen LogP contribution >= 0.6 is 14.6 Å². The Labute approximate surface area is 118 Å². The van der Waals surface area contributed by atoms with Gasteiger partial charge in [0.2, 0.25) is 7.28 Å². The molecule has 1 atom stereocenters. The van der Waals surface area contributed by atoms with Gasteiger partial charge in [0.25, 0.3) is 0 Å². The maximum Gasteiger partial charge on any atom is 1.00 e. The Kier molecular flexibility index (Phi) is 10.5. The van der Waals surface area contributed by atoms with Crippen LogP contribution < -0.4 is 23.8 Å². The van der Waals surface area contributed by atoms with E-state index in [1.165, 1.54) is 0 Å². The van der Waals surface area contributed by atoms with Gasteiger partial charge in [0.1, 0.15) is 19.8 Å². The largest absolute Gasteiger partial charge is 1.00 e. The van der Waals surface area contributed by atoms with Gasteiger partial charge in [0.15, 0.2) is 0 Å². The molecule has 0 radical (unpaired) electrons. The van der Waals surface area contributed by atoms with E-state index in [1.807, 2.05) is 17.8 Å². The fraction of sp³-hybridized carbons (Fsp3) is 0.333. The summed E-state index contributed by atoms with van der Waals surface area (Å²) in [6, 6.07) is 0. The van der Waals surface area contributed by atoms with Crippen LogP contribution in [-0.2, 0) is 22.7 Å². The van der Waals surface area contributed by atoms with Crippen molar-refractivity contribution in [3.8, 4) is 37.0 Å². The Hall–Kier alpha value is -0.423. The van der Waals surface area contributed by atoms with Crippen LogP contribution in [0.5, 0.6) is 0 Å². The Morgan fingerprint density at radius 3 is 1.56 bits per heavy atom. The molecule has 0 aliphatic heterocycles. The van der Waals surface area contributed by atoms with Crippen molar-refractivity contribution in [2.45, 2.75) is 0 Å². The smallest absolute Gasteiger partial charge is 0.770 e. The van der Waals surface area contributed by atoms with Crippen molar-refractivity contribution < 1.29 is 46.5 Å². The van der Waals surface area contributed by atoms with Crippen LogP contribution in [0.4, 0.5) is 0 Å². The molecule has 6 nitrogen and oxygen atoms in total. The molecule has 0 spiro atoms. The zero-order valence-electron chi connectivity index (χ0n) is 9.70. The molecule has 18 heavy (non-hydrogen) atoms. The first-order valence-electron chi connectivity index (χ1n) is 4.09. The van der Waals surface area contributed by atoms with Crippen molar-refractivity contribution >= 4 is 14.6 Å². The van der Waals surface area contributed by atoms with Gasteiger partial charge < -0.3 is 9.42 Å². The average molecular weight is 282 g/mol. The van der Waals surface area contributed by atoms with Gasteiger partial charge >= 0.3 is 26.1 Å². The zero-order valence-corrected chi connectivity index (χ0v) is 11.5. The molecule has 0 aromatic heterocycles. The predicted octanol–water partition coefficient (Wildman–Crippen LogP) is -2.40. The maximum atomic E-state index is 11.9. The summed E-state index contributed by atoms with van der Waals surface area (Å²) in [5.74, 6) is 5.79. The summed E-state index contributed by atoms with van der Waals surface area (Å²) in [6.45, 7) is -1.66. The molecule has 92 valence electrons. The van der Waals surface area contributed by atoms with Gasteiger partial charge in [-0.3, -0.25) is 18.2 Å². The molecule has 0 bridgehead atoms. The summed E-state index contributed by atoms with van der Waals surface area (Å²) in [5.41, 5.74) is 0. The fourth-order valence-corrected chi connectivity index (χ4v) is 3.61. The van der Waals surface area contributed by atoms with Crippen LogP contribution in [0.1, 0.15) is 0 Å². The molecule has 0 aliphatic carbocycles. The molecule has 0 N–H and O–H groups in total. The van der Waals surface area contributed by atoms with Gasteiger partial charge in [0.05, 0.1) is 0 Å². The second-order valence-electron chi connectivity index (χ2n) is 2.37. The third kappa shape index (κ3) is 5.95. The minimum Gasteiger partial charge on any atom is -0.770 e. The molecule has 0 aromatic carbocycles. The number of hydrogen-bond acceptors (Lipinski definition) is 6. The van der Waals surface area contributed by atoms with Crippen LogP contribution in [0.2, 0.25) is 0 Å². The normalized spacial score (nSPS) is 13.2. The van der Waals surface area contributed by atoms with E-state index in [4.69, 9.17) is 19.3 Å². The molecule has 0 aliphatic rings. The second kappa shape index (κ2) is 9.50. The molecule has 0 saturated carbocycles. The summed E-state index contributed by atoms with van der Waals surface area (Å²) >= 11 is 0. The SMILES string of the molecule is C#CCOP(=O)([O-])P(=O)(OCC#C)OCC#C.[Li+]. The minimum absolute atomic E-state index is 0. The van der Waals surface area contributed by atoms with Crippen molar-refractivity contribution in [1.82, 2.24) is 0 Å². The first-order valence-corrected chi connectivity index (χ1v) is 7.88. The van der Waals surface area contributed by atoms with E-state index in [0.29, 0.717) is 0 Å². The van der Waals surface area contributed by atoms with Gasteiger partial charge in [-0.25, -0.2) is 0 Å². The summed E-state index contributed by atoms with van der Waals surface area (Å²) in [6.07, 6.45) is 14.5. The van der Waals surface area contributed by atoms with Crippen LogP contribution in [0.15, 0.2) is 0 Å². The molecule has 0 amide bonds. The Balaban J connectivity index is 0. The summed E-state index contributed by atoms with van der Waals surface area (Å²) in [5, 5.41) is 0. The van der Waals surface area contributed by atoms with E-state index < -0.39 is 34.4 Å². The third-order valence-corrected chi connectivity index (χ3v) is 6.04. The first kappa shape index (κ1) is 19.9. The van der Waals surface area contributed by atoms with Gasteiger partial charge in [0, 0.05) is 0 Å². The fourth-order valence-electron chi connectivity index (χ4n) is 0.606. The molecule has 0 rings (SSSR count). The van der Waals surface area contributed by atoms with Crippen molar-refractivity contribution in [3.63, 3.8) is 0 Å². The van der Waals surface area contributed by atoms with Gasteiger partial charge in [-0.05, 0) is 0 Å². The molecule has 9 heteroatoms. The molecule has 0 aromatic rings. The quantitative estimate of drug-likeness (QED) is 0.294. The Morgan fingerprint density at radius 1 is 0.889 bits per heavy atom. The summed E-state index contributed by atoms with van der Waals surface area (Å²) in [7, 11) is -9.55. The van der Waals surface area contributed by atoms with E-state index >= 15 is 0 Å². The molecular formula is C9H9LiO6P2. The van der Waals surface area contributed by atoms with Crippen LogP contribution in [0.3, 0.4) is 0 Å². The molecule has 0 heterocycles. The molecule has 0 saturated heterocycles. The van der Waals surface area contributed by atoms with Gasteiger partial charge in [-0.2, -0.15) is 0 Å². The van der Waals surface area contributed by atoms with Crippen LogP contribution in [0, 0.1) is 37.0 Å². The zero-order chi connectivity index (χ0) is 13.4. The average Bonchev–Trinajstić information content (AvgIpc) is 2.31. The topological polar surface area (TPSA) is 84.9 Å². The van der Waals surface area contributed by atoms with E-state index in [-0.39, 0.29) is 18.9 Å². The Morgan fingerprint density at radius 2 is 1.22 bits per heavy atom. The number of terminal acetylenes is 3. The maximum absolute atomic E-state index is 11.9. The molecule has 1 unspecified atom stereocenters. The first-order chi connectivity index (χ1) is 7.93. The van der Waals surface area contributed by atoms with Crippen molar-refractivity contribution in [2.75, 3.05) is 19.8 Å². The van der Waals surface area contributed by atoms with E-state index in [1.54, 1.807) is 0 Å². The van der Waals surface area contributed by atoms with Crippen molar-refractivity contribution in [1.29, 1.82) is 0 Å². The summed E-state index contributed by atoms with van der Waals surface area (Å²) in [4.78, 5) is 11.5. The Bertz CT molecular complexity index is 447. The van der Waals surface area contributed by atoms with Crippen molar-refractivity contribution in [2.24, 2.45) is 0 Å². The van der Waals surface area contributed by atoms with E-state index in [9.17, 15) is 14.0 Å². The van der Waals surface area contributed by atoms with E-state index in [2.05, 4.69) is 13.6 Å². The van der Waals surface area contributed by atoms with Crippen LogP contribution in [0.25, 0.3) is 0 Å². The standard InChI is InChI=1S/C9H10O6P2.Li/c1-4-7-13-16(10,11)17(12,14-8-5-2)15-9-6-3;/h1-3H,7-9H2,(H,10,11);/q;+1/p-1. The van der Waals surface area contributed by atoms with Gasteiger partial charge in [-0.15, -0.1) is 19.3 Å². The minimum atomic E-state index is -4.96. The number of rotatable bonds is 7. The second-order valence-corrected chi connectivity index (χ2v) is 7.96.